The normalized spacial score (nSPS) is 7.25. The van der Waals surface area contributed by atoms with Crippen LogP contribution in [-0.4, -0.2) is 16.9 Å². The van der Waals surface area contributed by atoms with Crippen molar-refractivity contribution in [3.8, 4) is 0 Å². The van der Waals surface area contributed by atoms with E-state index < -0.39 is 5.97 Å². The predicted molar refractivity (Wildman–Crippen MR) is 43.2 cm³/mol. The second-order valence-electron chi connectivity index (χ2n) is 2.09. The summed E-state index contributed by atoms with van der Waals surface area (Å²) in [5.74, 6) is -1.37. The molecule has 3 nitrogen and oxygen atoms in total. The van der Waals surface area contributed by atoms with Gasteiger partial charge in [0.1, 0.15) is 12.2 Å². The molecule has 0 atom stereocenters. The van der Waals surface area contributed by atoms with E-state index in [4.69, 9.17) is 5.11 Å². The van der Waals surface area contributed by atoms with E-state index in [1.807, 2.05) is 0 Å². The third kappa shape index (κ3) is 33.4. The molecule has 0 radical (unpaired) electrons. The molecule has 0 bridgehead atoms. The maximum atomic E-state index is 9.87. The Bertz CT molecular complexity index is 109. The van der Waals surface area contributed by atoms with Crippen LogP contribution in [0.5, 0.6) is 0 Å². The van der Waals surface area contributed by atoms with E-state index >= 15 is 0 Å². The Morgan fingerprint density at radius 3 is 1.75 bits per heavy atom. The van der Waals surface area contributed by atoms with Gasteiger partial charge in [-0.05, 0) is 6.92 Å². The first kappa shape index (κ1) is 17.7. The molecular weight excluding hydrogens is 200 g/mol. The standard InChI is InChI=1S/C4H6O3.C4H9.Fe/c1-3(5)2-4(6)7;1-3-4-2;/h2H2,1H3,(H,6,7);3H,4H2,1-2H3;/q;-1;. The Hall–Kier alpha value is -0.341. The van der Waals surface area contributed by atoms with E-state index in [0.29, 0.717) is 0 Å². The first-order valence-electron chi connectivity index (χ1n) is 3.53. The summed E-state index contributed by atoms with van der Waals surface area (Å²) >= 11 is 0. The summed E-state index contributed by atoms with van der Waals surface area (Å²) in [6.07, 6.45) is 2.96. The zero-order valence-electron chi connectivity index (χ0n) is 7.61. The molecule has 0 rings (SSSR count). The Morgan fingerprint density at radius 1 is 1.42 bits per heavy atom. The molecule has 0 saturated carbocycles. The van der Waals surface area contributed by atoms with E-state index in [2.05, 4.69) is 20.3 Å². The van der Waals surface area contributed by atoms with Crippen LogP contribution in [0.2, 0.25) is 0 Å². The number of carboxylic acids is 1. The van der Waals surface area contributed by atoms with Gasteiger partial charge in [-0.1, -0.05) is 6.92 Å². The summed E-state index contributed by atoms with van der Waals surface area (Å²) in [5, 5.41) is 7.86. The van der Waals surface area contributed by atoms with Gasteiger partial charge in [-0.15, -0.1) is 0 Å². The fourth-order valence-corrected chi connectivity index (χ4v) is 0.213. The molecule has 12 heavy (non-hydrogen) atoms. The van der Waals surface area contributed by atoms with Crippen LogP contribution in [0.1, 0.15) is 33.6 Å². The van der Waals surface area contributed by atoms with Gasteiger partial charge in [0.15, 0.2) is 0 Å². The maximum absolute atomic E-state index is 9.87. The molecule has 0 spiro atoms. The van der Waals surface area contributed by atoms with E-state index in [1.54, 1.807) is 0 Å². The first-order valence-corrected chi connectivity index (χ1v) is 3.53. The average Bonchev–Trinajstić information content (AvgIpc) is 1.85. The summed E-state index contributed by atoms with van der Waals surface area (Å²) < 4.78 is 0. The van der Waals surface area contributed by atoms with Crippen LogP contribution in [0, 0.1) is 6.42 Å². The van der Waals surface area contributed by atoms with Gasteiger partial charge in [0.25, 0.3) is 0 Å². The fraction of sp³-hybridized carbons (Fsp3) is 0.625. The summed E-state index contributed by atoms with van der Waals surface area (Å²) in [7, 11) is 0. The van der Waals surface area contributed by atoms with Crippen LogP contribution in [0.3, 0.4) is 0 Å². The van der Waals surface area contributed by atoms with Gasteiger partial charge in [0.05, 0.1) is 0 Å². The molecule has 0 aromatic heterocycles. The van der Waals surface area contributed by atoms with Crippen molar-refractivity contribution < 1.29 is 31.8 Å². The minimum absolute atomic E-state index is 0. The van der Waals surface area contributed by atoms with Crippen LogP contribution in [-0.2, 0) is 26.7 Å². The van der Waals surface area contributed by atoms with Gasteiger partial charge >= 0.3 is 5.97 Å². The number of carboxylic acid groups (broad SMARTS) is 1. The topological polar surface area (TPSA) is 54.4 Å². The Labute approximate surface area is 84.0 Å². The van der Waals surface area contributed by atoms with Crippen molar-refractivity contribution in [2.45, 2.75) is 33.6 Å². The second-order valence-corrected chi connectivity index (χ2v) is 2.09. The number of aliphatic carboxylic acids is 1. The number of hydrogen-bond donors (Lipinski definition) is 1. The number of rotatable bonds is 3. The molecule has 0 heterocycles. The largest absolute Gasteiger partial charge is 0.481 e. The van der Waals surface area contributed by atoms with Crippen LogP contribution in [0.15, 0.2) is 0 Å². The molecule has 0 saturated heterocycles. The number of unbranched alkanes of at least 4 members (excludes halogenated alkanes) is 1. The molecule has 0 aliphatic rings. The molecule has 0 amide bonds. The van der Waals surface area contributed by atoms with Crippen molar-refractivity contribution in [2.24, 2.45) is 0 Å². The molecular formula is C8H15FeO3-. The minimum atomic E-state index is -1.06. The fourth-order valence-electron chi connectivity index (χ4n) is 0.213. The van der Waals surface area contributed by atoms with Crippen molar-refractivity contribution in [1.82, 2.24) is 0 Å². The van der Waals surface area contributed by atoms with E-state index in [1.165, 1.54) is 13.3 Å². The van der Waals surface area contributed by atoms with Crippen molar-refractivity contribution in [3.05, 3.63) is 6.42 Å². The predicted octanol–water partition coefficient (Wildman–Crippen LogP) is 1.67. The van der Waals surface area contributed by atoms with Crippen molar-refractivity contribution in [1.29, 1.82) is 0 Å². The van der Waals surface area contributed by atoms with E-state index in [-0.39, 0.29) is 29.3 Å². The summed E-state index contributed by atoms with van der Waals surface area (Å²) in [5.41, 5.74) is 0. The molecule has 0 aliphatic heterocycles. The zero-order chi connectivity index (χ0) is 9.28. The van der Waals surface area contributed by atoms with Crippen LogP contribution in [0.25, 0.3) is 0 Å². The van der Waals surface area contributed by atoms with E-state index in [0.717, 1.165) is 0 Å². The quantitative estimate of drug-likeness (QED) is 0.442. The zero-order valence-corrected chi connectivity index (χ0v) is 8.71. The number of Topliss-reactive ketones (excluding diaryl/α,β-unsaturated/α-hetero) is 1. The first-order chi connectivity index (χ1) is 5.04. The van der Waals surface area contributed by atoms with Crippen LogP contribution < -0.4 is 0 Å². The molecule has 74 valence electrons. The minimum Gasteiger partial charge on any atom is -0.481 e. The molecule has 4 heteroatoms. The maximum Gasteiger partial charge on any atom is 0.310 e. The number of hydrogen-bond acceptors (Lipinski definition) is 2. The monoisotopic (exact) mass is 215 g/mol. The van der Waals surface area contributed by atoms with Crippen LogP contribution in [0.4, 0.5) is 0 Å². The van der Waals surface area contributed by atoms with Crippen LogP contribution >= 0.6 is 0 Å². The Morgan fingerprint density at radius 2 is 1.75 bits per heavy atom. The van der Waals surface area contributed by atoms with Crippen molar-refractivity contribution in [2.75, 3.05) is 0 Å². The van der Waals surface area contributed by atoms with Gasteiger partial charge in [0, 0.05) is 17.1 Å². The van der Waals surface area contributed by atoms with Gasteiger partial charge < -0.3 is 11.5 Å². The van der Waals surface area contributed by atoms with Gasteiger partial charge in [-0.3, -0.25) is 9.59 Å². The summed E-state index contributed by atoms with van der Waals surface area (Å²) in [6, 6.07) is 0. The molecule has 0 aromatic carbocycles. The average molecular weight is 215 g/mol. The van der Waals surface area contributed by atoms with Crippen molar-refractivity contribution >= 4 is 11.8 Å². The molecule has 1 N–H and O–H groups in total. The van der Waals surface area contributed by atoms with Gasteiger partial charge in [0.2, 0.25) is 0 Å². The number of ketones is 1. The third-order valence-electron chi connectivity index (χ3n) is 0.808. The molecule has 0 aliphatic carbocycles. The second kappa shape index (κ2) is 13.3. The summed E-state index contributed by atoms with van der Waals surface area (Å²) in [4.78, 5) is 19.5. The molecule has 0 unspecified atom stereocenters. The smallest absolute Gasteiger partial charge is 0.310 e. The summed E-state index contributed by atoms with van der Waals surface area (Å²) in [6.45, 7) is 5.42. The van der Waals surface area contributed by atoms with E-state index in [9.17, 15) is 9.59 Å². The third-order valence-corrected chi connectivity index (χ3v) is 0.808. The SMILES string of the molecule is CC(=O)CC(=O)O.C[CH-]CC.[Fe]. The Kier molecular flexibility index (Phi) is 19.5. The Balaban J connectivity index is -0.000000142. The molecule has 0 aromatic rings. The van der Waals surface area contributed by atoms with Gasteiger partial charge in [-0.25, -0.2) is 0 Å². The molecule has 0 fully saturated rings. The van der Waals surface area contributed by atoms with Crippen molar-refractivity contribution in [3.63, 3.8) is 0 Å². The number of carbonyl (C=O) groups is 2. The number of carbonyl (C=O) groups excluding carboxylic acids is 1. The van der Waals surface area contributed by atoms with Gasteiger partial charge in [-0.2, -0.15) is 13.3 Å².